The Hall–Kier alpha value is 0.190. The summed E-state index contributed by atoms with van der Waals surface area (Å²) in [4.78, 5) is 14.6. The number of hydrogen-bond acceptors (Lipinski definition) is 1. The highest BCUT2D eigenvalue weighted by Gasteiger charge is 2.29. The summed E-state index contributed by atoms with van der Waals surface area (Å²) in [5, 5.41) is 1.43. The number of carbonyl (C=O) groups excluding carboxylic acids is 1. The average molecular weight is 443 g/mol. The van der Waals surface area contributed by atoms with Crippen LogP contribution in [-0.2, 0) is 0 Å². The van der Waals surface area contributed by atoms with E-state index in [1.807, 2.05) is 17.0 Å². The number of hydrogen-bond donors (Lipinski definition) is 0. The van der Waals surface area contributed by atoms with Crippen LogP contribution in [0, 0.1) is 3.57 Å². The number of alkyl halides is 1. The highest BCUT2D eigenvalue weighted by atomic mass is 127. The monoisotopic (exact) mass is 441 g/mol. The lowest BCUT2D eigenvalue weighted by Crippen LogP contribution is -2.45. The molecule has 1 aliphatic carbocycles. The highest BCUT2D eigenvalue weighted by molar-refractivity contribution is 14.1. The summed E-state index contributed by atoms with van der Waals surface area (Å²) >= 11 is 11.6. The van der Waals surface area contributed by atoms with Gasteiger partial charge in [0.25, 0.3) is 5.91 Å². The molecule has 1 saturated carbocycles. The maximum absolute atomic E-state index is 12.6. The standard InChI is InChI=1S/C13H14BrClINO/c14-6-7-17(10-2-1-3-10)13(18)11-8-9(15)4-5-12(11)16/h4-5,8,10H,1-3,6-7H2. The lowest BCUT2D eigenvalue weighted by Gasteiger charge is -2.37. The first kappa shape index (κ1) is 14.6. The van der Waals surface area contributed by atoms with Crippen LogP contribution in [0.25, 0.3) is 0 Å². The van der Waals surface area contributed by atoms with Crippen molar-refractivity contribution in [2.45, 2.75) is 25.3 Å². The zero-order valence-corrected chi connectivity index (χ0v) is 14.3. The van der Waals surface area contributed by atoms with Gasteiger partial charge in [-0.3, -0.25) is 4.79 Å². The fourth-order valence-corrected chi connectivity index (χ4v) is 3.18. The molecule has 98 valence electrons. The first-order valence-corrected chi connectivity index (χ1v) is 8.53. The largest absolute Gasteiger partial charge is 0.335 e. The van der Waals surface area contributed by atoms with Crippen molar-refractivity contribution in [2.75, 3.05) is 11.9 Å². The van der Waals surface area contributed by atoms with Crippen LogP contribution in [0.3, 0.4) is 0 Å². The summed E-state index contributed by atoms with van der Waals surface area (Å²) in [6.45, 7) is 0.756. The van der Waals surface area contributed by atoms with Crippen LogP contribution in [0.5, 0.6) is 0 Å². The molecule has 0 N–H and O–H groups in total. The van der Waals surface area contributed by atoms with Gasteiger partial charge in [-0.05, 0) is 60.1 Å². The van der Waals surface area contributed by atoms with Gasteiger partial charge in [-0.15, -0.1) is 0 Å². The molecule has 1 fully saturated rings. The van der Waals surface area contributed by atoms with Gasteiger partial charge in [0, 0.05) is 26.5 Å². The third-order valence-corrected chi connectivity index (χ3v) is 4.79. The molecule has 1 amide bonds. The molecule has 18 heavy (non-hydrogen) atoms. The molecule has 2 nitrogen and oxygen atoms in total. The fraction of sp³-hybridized carbons (Fsp3) is 0.462. The lowest BCUT2D eigenvalue weighted by molar-refractivity contribution is 0.0598. The minimum absolute atomic E-state index is 0.103. The molecule has 0 heterocycles. The molecule has 1 aromatic rings. The van der Waals surface area contributed by atoms with Crippen molar-refractivity contribution in [2.24, 2.45) is 0 Å². The Morgan fingerprint density at radius 2 is 2.22 bits per heavy atom. The smallest absolute Gasteiger partial charge is 0.255 e. The van der Waals surface area contributed by atoms with Crippen LogP contribution in [-0.4, -0.2) is 28.7 Å². The summed E-state index contributed by atoms with van der Waals surface area (Å²) in [5.41, 5.74) is 0.718. The van der Waals surface area contributed by atoms with Crippen LogP contribution in [0.4, 0.5) is 0 Å². The Balaban J connectivity index is 2.23. The first-order chi connectivity index (χ1) is 8.63. The molecule has 1 aliphatic rings. The van der Waals surface area contributed by atoms with Crippen molar-refractivity contribution in [1.29, 1.82) is 0 Å². The zero-order valence-electron chi connectivity index (χ0n) is 9.83. The molecule has 5 heteroatoms. The molecule has 2 rings (SSSR count). The number of amides is 1. The second-order valence-corrected chi connectivity index (χ2v) is 6.79. The maximum atomic E-state index is 12.6. The Labute approximate surface area is 134 Å². The van der Waals surface area contributed by atoms with Gasteiger partial charge >= 0.3 is 0 Å². The van der Waals surface area contributed by atoms with E-state index in [0.717, 1.165) is 33.9 Å². The van der Waals surface area contributed by atoms with Gasteiger partial charge in [0.15, 0.2) is 0 Å². The van der Waals surface area contributed by atoms with Gasteiger partial charge in [0.05, 0.1) is 5.56 Å². The number of nitrogens with zero attached hydrogens (tertiary/aromatic N) is 1. The number of benzene rings is 1. The quantitative estimate of drug-likeness (QED) is 0.502. The summed E-state index contributed by atoms with van der Waals surface area (Å²) in [6, 6.07) is 5.89. The lowest BCUT2D eigenvalue weighted by atomic mass is 9.91. The number of halogens is 3. The van der Waals surface area contributed by atoms with Gasteiger partial charge in [-0.25, -0.2) is 0 Å². The van der Waals surface area contributed by atoms with Crippen LogP contribution in [0.2, 0.25) is 5.02 Å². The minimum atomic E-state index is 0.103. The third kappa shape index (κ3) is 3.20. The molecular formula is C13H14BrClINO. The van der Waals surface area contributed by atoms with E-state index >= 15 is 0 Å². The molecule has 0 aliphatic heterocycles. The minimum Gasteiger partial charge on any atom is -0.335 e. The third-order valence-electron chi connectivity index (χ3n) is 3.26. The predicted molar refractivity (Wildman–Crippen MR) is 86.6 cm³/mol. The van der Waals surface area contributed by atoms with Crippen LogP contribution >= 0.6 is 50.1 Å². The van der Waals surface area contributed by atoms with Crippen LogP contribution in [0.1, 0.15) is 29.6 Å². The van der Waals surface area contributed by atoms with E-state index in [-0.39, 0.29) is 5.91 Å². The maximum Gasteiger partial charge on any atom is 0.255 e. The number of rotatable bonds is 4. The van der Waals surface area contributed by atoms with Gasteiger partial charge in [-0.2, -0.15) is 0 Å². The van der Waals surface area contributed by atoms with Crippen LogP contribution in [0.15, 0.2) is 18.2 Å². The molecule has 0 atom stereocenters. The van der Waals surface area contributed by atoms with E-state index in [4.69, 9.17) is 11.6 Å². The van der Waals surface area contributed by atoms with Crippen LogP contribution < -0.4 is 0 Å². The van der Waals surface area contributed by atoms with E-state index in [9.17, 15) is 4.79 Å². The summed E-state index contributed by atoms with van der Waals surface area (Å²) in [5.74, 6) is 0.103. The molecule has 1 aromatic carbocycles. The second-order valence-electron chi connectivity index (χ2n) is 4.40. The summed E-state index contributed by atoms with van der Waals surface area (Å²) in [6.07, 6.45) is 3.47. The van der Waals surface area contributed by atoms with Crippen molar-refractivity contribution < 1.29 is 4.79 Å². The van der Waals surface area contributed by atoms with E-state index in [2.05, 4.69) is 38.5 Å². The SMILES string of the molecule is O=C(c1cc(Cl)ccc1I)N(CCBr)C1CCC1. The fourth-order valence-electron chi connectivity index (χ4n) is 2.06. The highest BCUT2D eigenvalue weighted by Crippen LogP contribution is 2.28. The zero-order chi connectivity index (χ0) is 13.1. The molecule has 0 spiro atoms. The molecule has 0 bridgehead atoms. The molecule has 0 aromatic heterocycles. The predicted octanol–water partition coefficient (Wildman–Crippen LogP) is 4.33. The molecule has 0 radical (unpaired) electrons. The Bertz CT molecular complexity index is 451. The summed E-state index contributed by atoms with van der Waals surface area (Å²) < 4.78 is 0.959. The normalized spacial score (nSPS) is 15.3. The van der Waals surface area contributed by atoms with Gasteiger partial charge < -0.3 is 4.90 Å². The van der Waals surface area contributed by atoms with Crippen molar-refractivity contribution in [3.05, 3.63) is 32.4 Å². The van der Waals surface area contributed by atoms with Gasteiger partial charge in [-0.1, -0.05) is 27.5 Å². The Morgan fingerprint density at radius 1 is 1.50 bits per heavy atom. The second kappa shape index (κ2) is 6.57. The van der Waals surface area contributed by atoms with E-state index in [1.165, 1.54) is 6.42 Å². The van der Waals surface area contributed by atoms with Crippen molar-refractivity contribution in [3.63, 3.8) is 0 Å². The van der Waals surface area contributed by atoms with Gasteiger partial charge in [0.2, 0.25) is 0 Å². The van der Waals surface area contributed by atoms with Crippen molar-refractivity contribution in [1.82, 2.24) is 4.90 Å². The molecule has 0 saturated heterocycles. The average Bonchev–Trinajstić information content (AvgIpc) is 2.28. The summed E-state index contributed by atoms with van der Waals surface area (Å²) in [7, 11) is 0. The van der Waals surface area contributed by atoms with E-state index < -0.39 is 0 Å². The van der Waals surface area contributed by atoms with E-state index in [1.54, 1.807) is 6.07 Å². The van der Waals surface area contributed by atoms with Crippen molar-refractivity contribution >= 4 is 56.0 Å². The van der Waals surface area contributed by atoms with Gasteiger partial charge in [0.1, 0.15) is 0 Å². The Kier molecular flexibility index (Phi) is 5.33. The topological polar surface area (TPSA) is 20.3 Å². The molecule has 0 unspecified atom stereocenters. The van der Waals surface area contributed by atoms with E-state index in [0.29, 0.717) is 11.1 Å². The first-order valence-electron chi connectivity index (χ1n) is 5.95. The number of carbonyl (C=O) groups is 1. The van der Waals surface area contributed by atoms with Crippen molar-refractivity contribution in [3.8, 4) is 0 Å². The Morgan fingerprint density at radius 3 is 2.78 bits per heavy atom. The molecular weight excluding hydrogens is 428 g/mol.